The van der Waals surface area contributed by atoms with E-state index in [2.05, 4.69) is 13.0 Å². The molecule has 0 saturated heterocycles. The molecule has 0 spiro atoms. The van der Waals surface area contributed by atoms with Gasteiger partial charge in [0.2, 0.25) is 5.91 Å². The van der Waals surface area contributed by atoms with Crippen molar-refractivity contribution in [1.82, 2.24) is 4.90 Å². The van der Waals surface area contributed by atoms with Crippen LogP contribution in [0.2, 0.25) is 0 Å². The van der Waals surface area contributed by atoms with Crippen LogP contribution in [0.3, 0.4) is 0 Å². The molecule has 5 nitrogen and oxygen atoms in total. The number of carbonyl (C=O) groups is 1. The summed E-state index contributed by atoms with van der Waals surface area (Å²) in [5, 5.41) is 8.96. The Bertz CT molecular complexity index is 494. The van der Waals surface area contributed by atoms with Gasteiger partial charge in [-0.3, -0.25) is 9.69 Å². The fraction of sp³-hybridized carbons (Fsp3) is 0.467. The number of hydrogen-bond acceptors (Lipinski definition) is 4. The van der Waals surface area contributed by atoms with Gasteiger partial charge in [0.25, 0.3) is 0 Å². The number of methoxy groups -OCH3 is 1. The molecule has 0 saturated carbocycles. The fourth-order valence-electron chi connectivity index (χ4n) is 2.00. The third-order valence-electron chi connectivity index (χ3n) is 3.00. The molecular weight excluding hydrogens is 254 g/mol. The van der Waals surface area contributed by atoms with E-state index in [0.717, 1.165) is 24.9 Å². The summed E-state index contributed by atoms with van der Waals surface area (Å²) in [5.41, 5.74) is 6.78. The zero-order valence-electron chi connectivity index (χ0n) is 12.1. The number of nitrogens with zero attached hydrogens (tertiary/aromatic N) is 2. The van der Waals surface area contributed by atoms with Crippen molar-refractivity contribution in [2.75, 3.05) is 20.2 Å². The van der Waals surface area contributed by atoms with E-state index in [1.54, 1.807) is 6.07 Å². The number of nitrogens with two attached hydrogens (primary N) is 1. The molecule has 2 N–H and O–H groups in total. The highest BCUT2D eigenvalue weighted by Gasteiger charge is 2.10. The topological polar surface area (TPSA) is 79.4 Å². The van der Waals surface area contributed by atoms with Gasteiger partial charge in [0.05, 0.1) is 19.2 Å². The Balaban J connectivity index is 2.82. The van der Waals surface area contributed by atoms with Crippen LogP contribution < -0.4 is 10.5 Å². The van der Waals surface area contributed by atoms with E-state index < -0.39 is 0 Å². The number of nitriles is 1. The zero-order valence-corrected chi connectivity index (χ0v) is 12.1. The first kappa shape index (κ1) is 16.0. The van der Waals surface area contributed by atoms with Crippen LogP contribution in [-0.2, 0) is 11.3 Å². The minimum Gasteiger partial charge on any atom is -0.495 e. The summed E-state index contributed by atoms with van der Waals surface area (Å²) in [6.45, 7) is 3.78. The maximum absolute atomic E-state index is 11.1. The third-order valence-corrected chi connectivity index (χ3v) is 3.00. The summed E-state index contributed by atoms with van der Waals surface area (Å²) in [4.78, 5) is 13.1. The zero-order chi connectivity index (χ0) is 15.0. The molecule has 5 heteroatoms. The van der Waals surface area contributed by atoms with Gasteiger partial charge in [0.15, 0.2) is 0 Å². The van der Waals surface area contributed by atoms with Gasteiger partial charge >= 0.3 is 0 Å². The predicted molar refractivity (Wildman–Crippen MR) is 77.1 cm³/mol. The molecule has 0 fully saturated rings. The smallest absolute Gasteiger partial charge is 0.231 e. The Labute approximate surface area is 119 Å². The molecule has 108 valence electrons. The quantitative estimate of drug-likeness (QED) is 0.782. The lowest BCUT2D eigenvalue weighted by atomic mass is 10.1. The second-order valence-corrected chi connectivity index (χ2v) is 4.68. The monoisotopic (exact) mass is 275 g/mol. The number of carbonyl (C=O) groups excluding carboxylic acids is 1. The third kappa shape index (κ3) is 4.90. The summed E-state index contributed by atoms with van der Waals surface area (Å²) in [6, 6.07) is 7.52. The van der Waals surface area contributed by atoms with Crippen LogP contribution in [0.1, 0.15) is 30.9 Å². The molecule has 0 heterocycles. The molecule has 0 unspecified atom stereocenters. The minimum atomic E-state index is -0.332. The van der Waals surface area contributed by atoms with Gasteiger partial charge in [-0.15, -0.1) is 0 Å². The average Bonchev–Trinajstić information content (AvgIpc) is 2.44. The first-order chi connectivity index (χ1) is 9.60. The van der Waals surface area contributed by atoms with Crippen LogP contribution in [0, 0.1) is 11.3 Å². The van der Waals surface area contributed by atoms with Crippen molar-refractivity contribution in [1.29, 1.82) is 5.26 Å². The van der Waals surface area contributed by atoms with Crippen molar-refractivity contribution < 1.29 is 9.53 Å². The van der Waals surface area contributed by atoms with E-state index in [0.29, 0.717) is 17.9 Å². The summed E-state index contributed by atoms with van der Waals surface area (Å²) < 4.78 is 5.19. The Morgan fingerprint density at radius 2 is 2.25 bits per heavy atom. The van der Waals surface area contributed by atoms with Gasteiger partial charge in [0, 0.05) is 6.54 Å². The number of rotatable bonds is 8. The summed E-state index contributed by atoms with van der Waals surface area (Å²) in [6.07, 6.45) is 2.08. The average molecular weight is 275 g/mol. The van der Waals surface area contributed by atoms with Crippen molar-refractivity contribution in [3.63, 3.8) is 0 Å². The second-order valence-electron chi connectivity index (χ2n) is 4.68. The predicted octanol–water partition coefficient (Wildman–Crippen LogP) is 1.65. The lowest BCUT2D eigenvalue weighted by molar-refractivity contribution is -0.119. The Hall–Kier alpha value is -2.06. The van der Waals surface area contributed by atoms with Gasteiger partial charge in [-0.1, -0.05) is 19.4 Å². The molecule has 0 aromatic heterocycles. The highest BCUT2D eigenvalue weighted by atomic mass is 16.5. The molecule has 1 aromatic carbocycles. The molecule has 1 aromatic rings. The van der Waals surface area contributed by atoms with E-state index in [1.165, 1.54) is 7.11 Å². The van der Waals surface area contributed by atoms with Crippen LogP contribution in [0.4, 0.5) is 0 Å². The van der Waals surface area contributed by atoms with Gasteiger partial charge in [-0.2, -0.15) is 5.26 Å². The normalized spacial score (nSPS) is 10.3. The van der Waals surface area contributed by atoms with Gasteiger partial charge in [-0.25, -0.2) is 0 Å². The van der Waals surface area contributed by atoms with Gasteiger partial charge < -0.3 is 10.5 Å². The number of amides is 1. The van der Waals surface area contributed by atoms with E-state index in [1.807, 2.05) is 17.0 Å². The SMILES string of the molecule is CCCCN(CC(N)=O)Cc1ccc(C#N)c(OC)c1. The lowest BCUT2D eigenvalue weighted by Gasteiger charge is -2.20. The molecule has 1 amide bonds. The lowest BCUT2D eigenvalue weighted by Crippen LogP contribution is -2.34. The largest absolute Gasteiger partial charge is 0.495 e. The fourth-order valence-corrected chi connectivity index (χ4v) is 2.00. The first-order valence-electron chi connectivity index (χ1n) is 6.68. The molecular formula is C15H21N3O2. The van der Waals surface area contributed by atoms with Crippen LogP contribution in [0.15, 0.2) is 18.2 Å². The minimum absolute atomic E-state index is 0.238. The highest BCUT2D eigenvalue weighted by molar-refractivity contribution is 5.75. The molecule has 1 rings (SSSR count). The van der Waals surface area contributed by atoms with E-state index >= 15 is 0 Å². The molecule has 0 aliphatic carbocycles. The number of ether oxygens (including phenoxy) is 1. The van der Waals surface area contributed by atoms with E-state index in [9.17, 15) is 4.79 Å². The number of primary amides is 1. The van der Waals surface area contributed by atoms with Crippen molar-refractivity contribution in [3.8, 4) is 11.8 Å². The van der Waals surface area contributed by atoms with Crippen LogP contribution >= 0.6 is 0 Å². The summed E-state index contributed by atoms with van der Waals surface area (Å²) in [5.74, 6) is 0.223. The van der Waals surface area contributed by atoms with E-state index in [-0.39, 0.29) is 12.5 Å². The van der Waals surface area contributed by atoms with Crippen molar-refractivity contribution in [2.45, 2.75) is 26.3 Å². The summed E-state index contributed by atoms with van der Waals surface area (Å²) in [7, 11) is 1.54. The molecule has 0 aliphatic heterocycles. The molecule has 0 bridgehead atoms. The van der Waals surface area contributed by atoms with Crippen LogP contribution in [-0.4, -0.2) is 31.0 Å². The Morgan fingerprint density at radius 1 is 1.50 bits per heavy atom. The van der Waals surface area contributed by atoms with Crippen molar-refractivity contribution in [3.05, 3.63) is 29.3 Å². The number of hydrogen-bond donors (Lipinski definition) is 1. The molecule has 0 atom stereocenters. The van der Waals surface area contributed by atoms with Crippen molar-refractivity contribution in [2.24, 2.45) is 5.73 Å². The maximum atomic E-state index is 11.1. The summed E-state index contributed by atoms with van der Waals surface area (Å²) >= 11 is 0. The Kier molecular flexibility index (Phi) is 6.54. The molecule has 0 aliphatic rings. The van der Waals surface area contributed by atoms with Gasteiger partial charge in [-0.05, 0) is 30.7 Å². The molecule has 0 radical (unpaired) electrons. The number of unbranched alkanes of at least 4 members (excludes halogenated alkanes) is 1. The standard InChI is InChI=1S/C15H21N3O2/c1-3-4-7-18(11-15(17)19)10-12-5-6-13(9-16)14(8-12)20-2/h5-6,8H,3-4,7,10-11H2,1-2H3,(H2,17,19). The van der Waals surface area contributed by atoms with Crippen LogP contribution in [0.5, 0.6) is 5.75 Å². The second kappa shape index (κ2) is 8.18. The first-order valence-corrected chi connectivity index (χ1v) is 6.68. The van der Waals surface area contributed by atoms with E-state index in [4.69, 9.17) is 15.7 Å². The highest BCUT2D eigenvalue weighted by Crippen LogP contribution is 2.20. The van der Waals surface area contributed by atoms with Crippen LogP contribution in [0.25, 0.3) is 0 Å². The van der Waals surface area contributed by atoms with Crippen molar-refractivity contribution >= 4 is 5.91 Å². The van der Waals surface area contributed by atoms with Gasteiger partial charge in [0.1, 0.15) is 11.8 Å². The number of benzene rings is 1. The molecule has 20 heavy (non-hydrogen) atoms. The maximum Gasteiger partial charge on any atom is 0.231 e. The Morgan fingerprint density at radius 3 is 2.80 bits per heavy atom.